The molecule has 70 valence electrons. The van der Waals surface area contributed by atoms with Gasteiger partial charge in [0.15, 0.2) is 0 Å². The summed E-state index contributed by atoms with van der Waals surface area (Å²) in [5, 5.41) is 7.41. The van der Waals surface area contributed by atoms with Crippen LogP contribution in [0.5, 0.6) is 0 Å². The molecule has 0 atom stereocenters. The highest BCUT2D eigenvalue weighted by Crippen LogP contribution is 2.19. The van der Waals surface area contributed by atoms with E-state index in [0.29, 0.717) is 5.84 Å². The summed E-state index contributed by atoms with van der Waals surface area (Å²) in [5.74, 6) is 0.127. The Labute approximate surface area is 77.5 Å². The fourth-order valence-corrected chi connectivity index (χ4v) is 1.12. The predicted molar refractivity (Wildman–Crippen MR) is 52.9 cm³/mol. The number of hydrogen-bond donors (Lipinski definition) is 1. The SMILES string of the molecule is CC(=N)N(C)c1cc(F)ccc1C. The molecule has 0 radical (unpaired) electrons. The van der Waals surface area contributed by atoms with Crippen LogP contribution in [0, 0.1) is 18.2 Å². The van der Waals surface area contributed by atoms with E-state index in [4.69, 9.17) is 5.41 Å². The Kier molecular flexibility index (Phi) is 2.66. The van der Waals surface area contributed by atoms with Crippen molar-refractivity contribution in [2.45, 2.75) is 13.8 Å². The standard InChI is InChI=1S/C10H13FN2/c1-7-4-5-9(11)6-10(7)13(3)8(2)12/h4-6,12H,1-3H3. The lowest BCUT2D eigenvalue weighted by molar-refractivity contribution is 0.627. The lowest BCUT2D eigenvalue weighted by atomic mass is 10.2. The van der Waals surface area contributed by atoms with Crippen molar-refractivity contribution in [3.05, 3.63) is 29.6 Å². The lowest BCUT2D eigenvalue weighted by Crippen LogP contribution is -2.23. The van der Waals surface area contributed by atoms with Crippen LogP contribution >= 0.6 is 0 Å². The van der Waals surface area contributed by atoms with E-state index in [1.807, 2.05) is 6.92 Å². The maximum Gasteiger partial charge on any atom is 0.125 e. The molecule has 1 N–H and O–H groups in total. The van der Waals surface area contributed by atoms with Gasteiger partial charge in [0.2, 0.25) is 0 Å². The molecule has 2 nitrogen and oxygen atoms in total. The first-order valence-corrected chi connectivity index (χ1v) is 4.07. The van der Waals surface area contributed by atoms with E-state index >= 15 is 0 Å². The predicted octanol–water partition coefficient (Wildman–Crippen LogP) is 2.57. The second kappa shape index (κ2) is 3.56. The summed E-state index contributed by atoms with van der Waals surface area (Å²) in [6, 6.07) is 4.57. The Bertz CT molecular complexity index is 334. The maximum absolute atomic E-state index is 12.9. The summed E-state index contributed by atoms with van der Waals surface area (Å²) in [4.78, 5) is 1.65. The van der Waals surface area contributed by atoms with Gasteiger partial charge >= 0.3 is 0 Å². The van der Waals surface area contributed by atoms with Crippen LogP contribution in [0.2, 0.25) is 0 Å². The summed E-state index contributed by atoms with van der Waals surface area (Å²) in [7, 11) is 1.75. The number of nitrogens with zero attached hydrogens (tertiary/aromatic N) is 1. The molecule has 1 rings (SSSR count). The summed E-state index contributed by atoms with van der Waals surface area (Å²) in [6.45, 7) is 3.57. The topological polar surface area (TPSA) is 27.1 Å². The molecule has 3 heteroatoms. The molecule has 0 aliphatic rings. The zero-order chi connectivity index (χ0) is 10.0. The van der Waals surface area contributed by atoms with Gasteiger partial charge in [0.25, 0.3) is 0 Å². The van der Waals surface area contributed by atoms with Crippen molar-refractivity contribution >= 4 is 11.5 Å². The lowest BCUT2D eigenvalue weighted by Gasteiger charge is -2.19. The normalized spacial score (nSPS) is 9.85. The van der Waals surface area contributed by atoms with Crippen LogP contribution in [0.25, 0.3) is 0 Å². The summed E-state index contributed by atoms with van der Waals surface area (Å²) < 4.78 is 12.9. The molecular formula is C10H13FN2. The van der Waals surface area contributed by atoms with Gasteiger partial charge in [-0.1, -0.05) is 6.07 Å². The van der Waals surface area contributed by atoms with E-state index < -0.39 is 0 Å². The van der Waals surface area contributed by atoms with Crippen molar-refractivity contribution in [3.63, 3.8) is 0 Å². The van der Waals surface area contributed by atoms with E-state index in [2.05, 4.69) is 0 Å². The minimum absolute atomic E-state index is 0.270. The number of rotatable bonds is 1. The Morgan fingerprint density at radius 2 is 2.08 bits per heavy atom. The van der Waals surface area contributed by atoms with Crippen molar-refractivity contribution in [1.29, 1.82) is 5.41 Å². The monoisotopic (exact) mass is 180 g/mol. The zero-order valence-electron chi connectivity index (χ0n) is 8.06. The average Bonchev–Trinajstić information content (AvgIpc) is 2.08. The Morgan fingerprint density at radius 1 is 1.46 bits per heavy atom. The van der Waals surface area contributed by atoms with Crippen molar-refractivity contribution in [3.8, 4) is 0 Å². The van der Waals surface area contributed by atoms with Gasteiger partial charge in [-0.15, -0.1) is 0 Å². The maximum atomic E-state index is 12.9. The van der Waals surface area contributed by atoms with Crippen LogP contribution < -0.4 is 4.90 Å². The van der Waals surface area contributed by atoms with Crippen LogP contribution in [0.1, 0.15) is 12.5 Å². The molecule has 1 aromatic rings. The second-order valence-electron chi connectivity index (χ2n) is 3.08. The molecule has 0 spiro atoms. The molecule has 0 saturated carbocycles. The molecule has 0 aliphatic heterocycles. The molecular weight excluding hydrogens is 167 g/mol. The van der Waals surface area contributed by atoms with Crippen LogP contribution in [0.15, 0.2) is 18.2 Å². The number of halogens is 1. The second-order valence-corrected chi connectivity index (χ2v) is 3.08. The third-order valence-electron chi connectivity index (χ3n) is 2.04. The van der Waals surface area contributed by atoms with Gasteiger partial charge in [0.05, 0.1) is 5.84 Å². The van der Waals surface area contributed by atoms with E-state index in [-0.39, 0.29) is 5.82 Å². The number of benzene rings is 1. The zero-order valence-corrected chi connectivity index (χ0v) is 8.06. The highest BCUT2D eigenvalue weighted by molar-refractivity contribution is 5.93. The Balaban J connectivity index is 3.12. The van der Waals surface area contributed by atoms with Gasteiger partial charge in [-0.05, 0) is 31.5 Å². The first-order valence-electron chi connectivity index (χ1n) is 4.07. The van der Waals surface area contributed by atoms with Crippen molar-refractivity contribution < 1.29 is 4.39 Å². The quantitative estimate of drug-likeness (QED) is 0.522. The highest BCUT2D eigenvalue weighted by atomic mass is 19.1. The van der Waals surface area contributed by atoms with Crippen molar-refractivity contribution in [1.82, 2.24) is 0 Å². The minimum atomic E-state index is -0.270. The van der Waals surface area contributed by atoms with E-state index in [0.717, 1.165) is 11.3 Å². The average molecular weight is 180 g/mol. The van der Waals surface area contributed by atoms with Crippen LogP contribution in [-0.2, 0) is 0 Å². The first-order chi connectivity index (χ1) is 6.02. The molecule has 0 aromatic heterocycles. The highest BCUT2D eigenvalue weighted by Gasteiger charge is 2.06. The van der Waals surface area contributed by atoms with Gasteiger partial charge in [-0.25, -0.2) is 4.39 Å². The van der Waals surface area contributed by atoms with Crippen molar-refractivity contribution in [2.24, 2.45) is 0 Å². The van der Waals surface area contributed by atoms with Crippen LogP contribution in [0.3, 0.4) is 0 Å². The third kappa shape index (κ3) is 2.05. The molecule has 13 heavy (non-hydrogen) atoms. The number of aryl methyl sites for hydroxylation is 1. The van der Waals surface area contributed by atoms with Gasteiger partial charge in [0.1, 0.15) is 5.82 Å². The molecule has 0 fully saturated rings. The molecule has 1 aromatic carbocycles. The number of anilines is 1. The van der Waals surface area contributed by atoms with E-state index in [1.165, 1.54) is 12.1 Å². The number of hydrogen-bond acceptors (Lipinski definition) is 1. The van der Waals surface area contributed by atoms with Crippen molar-refractivity contribution in [2.75, 3.05) is 11.9 Å². The van der Waals surface area contributed by atoms with E-state index in [1.54, 1.807) is 24.9 Å². The van der Waals surface area contributed by atoms with Gasteiger partial charge < -0.3 is 4.90 Å². The van der Waals surface area contributed by atoms with Crippen LogP contribution in [-0.4, -0.2) is 12.9 Å². The summed E-state index contributed by atoms with van der Waals surface area (Å²) in [5.41, 5.74) is 1.71. The molecule has 0 unspecified atom stereocenters. The molecule has 0 heterocycles. The minimum Gasteiger partial charge on any atom is -0.333 e. The van der Waals surface area contributed by atoms with E-state index in [9.17, 15) is 4.39 Å². The third-order valence-corrected chi connectivity index (χ3v) is 2.04. The first kappa shape index (κ1) is 9.71. The Morgan fingerprint density at radius 3 is 2.62 bits per heavy atom. The van der Waals surface area contributed by atoms with Crippen LogP contribution in [0.4, 0.5) is 10.1 Å². The summed E-state index contributed by atoms with van der Waals surface area (Å²) >= 11 is 0. The molecule has 0 amide bonds. The fraction of sp³-hybridized carbons (Fsp3) is 0.300. The molecule has 0 saturated heterocycles. The number of amidine groups is 1. The summed E-state index contributed by atoms with van der Waals surface area (Å²) in [6.07, 6.45) is 0. The fourth-order valence-electron chi connectivity index (χ4n) is 1.12. The van der Waals surface area contributed by atoms with Gasteiger partial charge in [-0.2, -0.15) is 0 Å². The molecule has 0 bridgehead atoms. The number of nitrogens with one attached hydrogen (secondary N) is 1. The Hall–Kier alpha value is -1.38. The van der Waals surface area contributed by atoms with Gasteiger partial charge in [0, 0.05) is 12.7 Å². The largest absolute Gasteiger partial charge is 0.333 e. The molecule has 0 aliphatic carbocycles. The van der Waals surface area contributed by atoms with Gasteiger partial charge in [-0.3, -0.25) is 5.41 Å². The smallest absolute Gasteiger partial charge is 0.125 e.